The number of fused-ring (bicyclic) bond motifs is 43. The molecule has 0 saturated carbocycles. The number of para-hydroxylation sites is 1. The lowest BCUT2D eigenvalue weighted by Crippen LogP contribution is -2.17. The van der Waals surface area contributed by atoms with E-state index < -0.39 is 0 Å². The van der Waals surface area contributed by atoms with Gasteiger partial charge >= 0.3 is 0 Å². The van der Waals surface area contributed by atoms with E-state index in [1.165, 1.54) is 250 Å². The quantitative estimate of drug-likeness (QED) is 0.150. The standard InChI is InChI=1S/C33H21N.C30H22.C27H16O.C27H16S/c1-2-11-22(12-3-1)34-32-29(19-18-26-23-13-5-4-10-21(23)20-30(26)32)31-27-16-8-6-14-24(27)25-15-7-9-17-28(25)33(31)34;1-30(2)25-16-15-18-9-3-5-11-20(18)27(25)28-23-14-8-7-13-22(23)26-21-12-6-4-10-19(21)17-24(26)29(28)30;1-2-6-17-12-23-20(11-16(17)5-1)14-25-21(23)9-10-22-24-13-18-7-3-4-8-19(18)15-26(24)28-27(22)25;1-2-7-18-14-24-19(13-17(18)6-1)15-25-21(24)11-12-23-22-10-9-16-5-3-4-8-20(16)26(22)28-27(23)25/h1-19H,20H2;3-16H,17H2,1-2H3;1-13,15H,14H2;1-14H,15H2. The third kappa shape index (κ3) is 9.84. The number of aromatic nitrogens is 1. The van der Waals surface area contributed by atoms with Gasteiger partial charge in [-0.3, -0.25) is 0 Å². The van der Waals surface area contributed by atoms with Crippen molar-refractivity contribution in [2.75, 3.05) is 0 Å². The number of hydrogen-bond donors (Lipinski definition) is 0. The Morgan fingerprint density at radius 1 is 0.258 bits per heavy atom. The third-order valence-corrected chi connectivity index (χ3v) is 28.9. The molecule has 0 amide bonds. The Hall–Kier alpha value is -14.5. The minimum absolute atomic E-state index is 0.00907. The second kappa shape index (κ2) is 25.8. The fraction of sp³-hybridized carbons (Fsp3) is 0.0598. The van der Waals surface area contributed by atoms with Crippen LogP contribution in [0.3, 0.4) is 0 Å². The summed E-state index contributed by atoms with van der Waals surface area (Å²) in [4.78, 5) is 0. The Balaban J connectivity index is 0.0000000868. The summed E-state index contributed by atoms with van der Waals surface area (Å²) >= 11 is 1.97. The average molecular weight is 1540 g/mol. The second-order valence-electron chi connectivity index (χ2n) is 34.2. The Morgan fingerprint density at radius 3 is 1.41 bits per heavy atom. The Kier molecular flexibility index (Phi) is 14.5. The molecule has 5 aliphatic carbocycles. The molecule has 0 spiro atoms. The fourth-order valence-corrected chi connectivity index (χ4v) is 23.6. The first kappa shape index (κ1) is 67.7. The van der Waals surface area contributed by atoms with Gasteiger partial charge in [0.25, 0.3) is 0 Å². The maximum atomic E-state index is 6.43. The van der Waals surface area contributed by atoms with Gasteiger partial charge in [0.05, 0.1) is 11.0 Å². The van der Waals surface area contributed by atoms with Crippen molar-refractivity contribution < 1.29 is 4.42 Å². The monoisotopic (exact) mass is 1540 g/mol. The van der Waals surface area contributed by atoms with Crippen LogP contribution < -0.4 is 0 Å². The summed E-state index contributed by atoms with van der Waals surface area (Å²) in [5.41, 5.74) is 34.5. The van der Waals surface area contributed by atoms with Crippen LogP contribution in [0.5, 0.6) is 0 Å². The number of thiophene rings is 1. The Bertz CT molecular complexity index is 8620. The summed E-state index contributed by atoms with van der Waals surface area (Å²) in [6.07, 6.45) is 3.99. The molecule has 0 atom stereocenters. The van der Waals surface area contributed by atoms with Gasteiger partial charge in [-0.2, -0.15) is 0 Å². The zero-order valence-corrected chi connectivity index (χ0v) is 67.1. The van der Waals surface area contributed by atoms with E-state index in [0.717, 1.165) is 36.8 Å². The van der Waals surface area contributed by atoms with Crippen molar-refractivity contribution in [3.8, 4) is 61.3 Å². The first-order chi connectivity index (χ1) is 59.3. The van der Waals surface area contributed by atoms with Gasteiger partial charge < -0.3 is 8.98 Å². The molecule has 3 heterocycles. The molecule has 0 bridgehead atoms. The van der Waals surface area contributed by atoms with E-state index in [1.807, 2.05) is 11.3 Å². The number of benzene rings is 21. The fourth-order valence-electron chi connectivity index (χ4n) is 22.3. The summed E-state index contributed by atoms with van der Waals surface area (Å²) < 4.78 is 11.8. The van der Waals surface area contributed by atoms with Crippen molar-refractivity contribution in [3.05, 3.63) is 426 Å². The van der Waals surface area contributed by atoms with E-state index in [9.17, 15) is 0 Å². The second-order valence-corrected chi connectivity index (χ2v) is 35.2. The van der Waals surface area contributed by atoms with E-state index >= 15 is 0 Å². The molecule has 560 valence electrons. The molecule has 29 rings (SSSR count). The van der Waals surface area contributed by atoms with Gasteiger partial charge in [-0.25, -0.2) is 0 Å². The summed E-state index contributed by atoms with van der Waals surface area (Å²) in [6, 6.07) is 136. The number of nitrogens with zero attached hydrogens (tertiary/aromatic N) is 1. The topological polar surface area (TPSA) is 18.1 Å². The van der Waals surface area contributed by atoms with Crippen LogP contribution in [0.15, 0.2) is 374 Å². The van der Waals surface area contributed by atoms with Crippen molar-refractivity contribution in [2.45, 2.75) is 44.9 Å². The van der Waals surface area contributed by atoms with Gasteiger partial charge in [-0.05, 0) is 235 Å². The van der Waals surface area contributed by atoms with Crippen LogP contribution >= 0.6 is 11.3 Å². The third-order valence-electron chi connectivity index (χ3n) is 27.5. The number of hydrogen-bond acceptors (Lipinski definition) is 2. The molecular weight excluding hydrogens is 1470 g/mol. The molecule has 0 fully saturated rings. The predicted octanol–water partition coefficient (Wildman–Crippen LogP) is 31.9. The molecular formula is C117H75NOS. The lowest BCUT2D eigenvalue weighted by atomic mass is 9.78. The van der Waals surface area contributed by atoms with E-state index in [2.05, 4.69) is 388 Å². The highest BCUT2D eigenvalue weighted by molar-refractivity contribution is 7.27. The van der Waals surface area contributed by atoms with Crippen LogP contribution in [0.2, 0.25) is 0 Å². The van der Waals surface area contributed by atoms with E-state index in [0.29, 0.717) is 0 Å². The van der Waals surface area contributed by atoms with Crippen molar-refractivity contribution in [1.29, 1.82) is 0 Å². The van der Waals surface area contributed by atoms with Gasteiger partial charge in [0.1, 0.15) is 11.2 Å². The van der Waals surface area contributed by atoms with Crippen LogP contribution in [0.25, 0.3) is 211 Å². The molecule has 24 aromatic rings. The highest BCUT2D eigenvalue weighted by Crippen LogP contribution is 2.60. The summed E-state index contributed by atoms with van der Waals surface area (Å²) in [5, 5.41) is 29.1. The normalized spacial score (nSPS) is 13.3. The molecule has 0 N–H and O–H groups in total. The van der Waals surface area contributed by atoms with Crippen LogP contribution in [-0.4, -0.2) is 4.57 Å². The summed E-state index contributed by atoms with van der Waals surface area (Å²) in [6.45, 7) is 4.84. The van der Waals surface area contributed by atoms with Crippen LogP contribution in [0, 0.1) is 0 Å². The highest BCUT2D eigenvalue weighted by Gasteiger charge is 2.43. The van der Waals surface area contributed by atoms with E-state index in [-0.39, 0.29) is 5.41 Å². The molecule has 21 aromatic carbocycles. The molecule has 0 unspecified atom stereocenters. The predicted molar refractivity (Wildman–Crippen MR) is 511 cm³/mol. The summed E-state index contributed by atoms with van der Waals surface area (Å²) in [5.74, 6) is 0. The first-order valence-corrected chi connectivity index (χ1v) is 43.1. The minimum Gasteiger partial charge on any atom is -0.456 e. The van der Waals surface area contributed by atoms with Crippen molar-refractivity contribution in [3.63, 3.8) is 0 Å². The van der Waals surface area contributed by atoms with Crippen LogP contribution in [-0.2, 0) is 31.1 Å². The molecule has 2 nitrogen and oxygen atoms in total. The maximum absolute atomic E-state index is 6.43. The van der Waals surface area contributed by atoms with Gasteiger partial charge in [0, 0.05) is 83.0 Å². The average Bonchev–Trinajstić information content (AvgIpc) is 1.45. The lowest BCUT2D eigenvalue weighted by Gasteiger charge is -2.25. The Morgan fingerprint density at radius 2 is 0.717 bits per heavy atom. The molecule has 5 aliphatic rings. The Labute approximate surface area is 697 Å². The molecule has 0 saturated heterocycles. The van der Waals surface area contributed by atoms with E-state index in [4.69, 9.17) is 4.42 Å². The molecule has 3 aromatic heterocycles. The highest BCUT2D eigenvalue weighted by atomic mass is 32.1. The molecule has 0 radical (unpaired) electrons. The van der Waals surface area contributed by atoms with Crippen molar-refractivity contribution in [1.82, 2.24) is 4.57 Å². The minimum atomic E-state index is -0.00907. The number of furan rings is 1. The van der Waals surface area contributed by atoms with Gasteiger partial charge in [0.15, 0.2) is 0 Å². The SMILES string of the molecule is CC1(C)c2ccc3ccccc3c2-c2c1c1c(c3ccccc23)-c2ccccc2C1.c1ccc(-n2c3c4c(ccc3c3c5ccccc5c5ccccc5c32)-c2ccccc2C4)cc1.c1ccc2cc3c(cc2c1)Cc1c-3ccc2c1oc1cc3ccccc3cc12.c1ccc2cc3c(cc2c1)Cc1c-3ccc2c1sc1c3ccccc3ccc21. The van der Waals surface area contributed by atoms with Crippen LogP contribution in [0.4, 0.5) is 0 Å². The molecule has 120 heavy (non-hydrogen) atoms. The molecule has 0 aliphatic heterocycles. The van der Waals surface area contributed by atoms with E-state index in [1.54, 1.807) is 5.56 Å². The zero-order chi connectivity index (χ0) is 78.7. The molecule has 3 heteroatoms. The largest absolute Gasteiger partial charge is 0.456 e. The summed E-state index contributed by atoms with van der Waals surface area (Å²) in [7, 11) is 0. The van der Waals surface area contributed by atoms with Gasteiger partial charge in [0.2, 0.25) is 0 Å². The maximum Gasteiger partial charge on any atom is 0.139 e. The van der Waals surface area contributed by atoms with Gasteiger partial charge in [-0.1, -0.05) is 341 Å². The number of rotatable bonds is 1. The smallest absolute Gasteiger partial charge is 0.139 e. The zero-order valence-electron chi connectivity index (χ0n) is 66.3. The van der Waals surface area contributed by atoms with Gasteiger partial charge in [-0.15, -0.1) is 11.3 Å². The van der Waals surface area contributed by atoms with Crippen molar-refractivity contribution in [2.24, 2.45) is 0 Å². The first-order valence-electron chi connectivity index (χ1n) is 42.3. The van der Waals surface area contributed by atoms with Crippen LogP contribution in [0.1, 0.15) is 69.5 Å². The lowest BCUT2D eigenvalue weighted by molar-refractivity contribution is 0.655. The van der Waals surface area contributed by atoms with Crippen molar-refractivity contribution >= 4 is 161 Å².